The molecule has 2 aromatic rings. The molecule has 0 bridgehead atoms. The van der Waals surface area contributed by atoms with Crippen LogP contribution in [-0.4, -0.2) is 11.3 Å². The van der Waals surface area contributed by atoms with Crippen LogP contribution >= 0.6 is 7.26 Å². The normalized spacial score (nSPS) is 23.5. The maximum absolute atomic E-state index is 2.69. The van der Waals surface area contributed by atoms with Crippen molar-refractivity contribution < 1.29 is 0 Å². The molecule has 2 fully saturated rings. The molecule has 1 aliphatic heterocycles. The molecule has 2 saturated carbocycles. The monoisotopic (exact) mass is 461 g/mol. The smallest absolute Gasteiger partial charge is 0.0614 e. The van der Waals surface area contributed by atoms with Crippen molar-refractivity contribution in [3.8, 4) is 11.1 Å². The largest absolute Gasteiger partial charge is 0.103 e. The zero-order valence-corrected chi connectivity index (χ0v) is 22.8. The first kappa shape index (κ1) is 23.6. The molecule has 0 nitrogen and oxygen atoms in total. The highest BCUT2D eigenvalue weighted by Crippen LogP contribution is 2.81. The van der Waals surface area contributed by atoms with Crippen LogP contribution in [0, 0.1) is 0 Å². The second kappa shape index (κ2) is 9.49. The Morgan fingerprint density at radius 3 is 1.85 bits per heavy atom. The Kier molecular flexibility index (Phi) is 6.79. The first-order valence-electron chi connectivity index (χ1n) is 14.1. The van der Waals surface area contributed by atoms with E-state index in [4.69, 9.17) is 0 Å². The topological polar surface area (TPSA) is 0 Å². The van der Waals surface area contributed by atoms with Crippen molar-refractivity contribution in [3.63, 3.8) is 0 Å². The van der Waals surface area contributed by atoms with Gasteiger partial charge in [-0.05, 0) is 92.9 Å². The molecule has 1 heteroatoms. The second-order valence-electron chi connectivity index (χ2n) is 12.0. The Hall–Kier alpha value is -1.13. The van der Waals surface area contributed by atoms with Crippen LogP contribution in [0.5, 0.6) is 0 Å². The van der Waals surface area contributed by atoms with E-state index in [1.165, 1.54) is 64.2 Å². The van der Waals surface area contributed by atoms with Gasteiger partial charge in [0.15, 0.2) is 0 Å². The lowest BCUT2D eigenvalue weighted by atomic mass is 9.84. The molecule has 0 amide bonds. The zero-order chi connectivity index (χ0) is 23.2. The number of fused-ring (bicyclic) bond motifs is 3. The van der Waals surface area contributed by atoms with Gasteiger partial charge < -0.3 is 0 Å². The van der Waals surface area contributed by atoms with Gasteiger partial charge in [0.05, 0.1) is 24.2 Å². The molecule has 0 spiro atoms. The van der Waals surface area contributed by atoms with Crippen LogP contribution in [0.3, 0.4) is 0 Å². The van der Waals surface area contributed by atoms with Crippen molar-refractivity contribution in [2.45, 2.75) is 128 Å². The lowest BCUT2D eigenvalue weighted by Crippen LogP contribution is -2.40. The third-order valence-electron chi connectivity index (χ3n) is 9.55. The predicted octanol–water partition coefficient (Wildman–Crippen LogP) is 9.98. The van der Waals surface area contributed by atoms with Gasteiger partial charge in [0.2, 0.25) is 0 Å². The number of rotatable bonds is 4. The van der Waals surface area contributed by atoms with Crippen LogP contribution in [0.1, 0.15) is 133 Å². The average molecular weight is 462 g/mol. The van der Waals surface area contributed by atoms with Crippen molar-refractivity contribution in [2.24, 2.45) is 0 Å². The van der Waals surface area contributed by atoms with E-state index in [1.54, 1.807) is 27.8 Å². The van der Waals surface area contributed by atoms with Gasteiger partial charge in [0.1, 0.15) is 5.30 Å². The molecule has 2 aliphatic carbocycles. The van der Waals surface area contributed by atoms with Gasteiger partial charge in [-0.25, -0.2) is 0 Å². The maximum Gasteiger partial charge on any atom is 0.103 e. The van der Waals surface area contributed by atoms with E-state index < -0.39 is 7.26 Å². The molecular weight excluding hydrogens is 415 g/mol. The van der Waals surface area contributed by atoms with Crippen LogP contribution in [-0.2, 0) is 0 Å². The SMILES string of the molecule is CC(C)c1cc(C(C)C)c2c(c1)C(C)[P+](C1CCCCC1)(C1CCCCC1)c1ccccc1-2. The van der Waals surface area contributed by atoms with Crippen molar-refractivity contribution in [2.75, 3.05) is 0 Å². The summed E-state index contributed by atoms with van der Waals surface area (Å²) in [6.07, 6.45) is 14.7. The Balaban J connectivity index is 1.81. The second-order valence-corrected chi connectivity index (χ2v) is 16.4. The summed E-state index contributed by atoms with van der Waals surface area (Å²) in [4.78, 5) is 0. The third-order valence-corrected chi connectivity index (χ3v) is 15.8. The van der Waals surface area contributed by atoms with E-state index in [0.717, 1.165) is 11.3 Å². The molecule has 33 heavy (non-hydrogen) atoms. The molecule has 1 atom stereocenters. The minimum atomic E-state index is -1.35. The summed E-state index contributed by atoms with van der Waals surface area (Å²) in [5.74, 6) is 1.15. The molecule has 1 heterocycles. The van der Waals surface area contributed by atoms with Gasteiger partial charge in [-0.2, -0.15) is 0 Å². The molecule has 1 unspecified atom stereocenters. The fourth-order valence-electron chi connectivity index (χ4n) is 7.94. The molecule has 2 aromatic carbocycles. The highest BCUT2D eigenvalue weighted by molar-refractivity contribution is 7.84. The van der Waals surface area contributed by atoms with Crippen LogP contribution in [0.15, 0.2) is 36.4 Å². The van der Waals surface area contributed by atoms with Crippen LogP contribution in [0.25, 0.3) is 11.1 Å². The van der Waals surface area contributed by atoms with E-state index in [0.29, 0.717) is 17.5 Å². The van der Waals surface area contributed by atoms with Crippen molar-refractivity contribution in [1.29, 1.82) is 0 Å². The Morgan fingerprint density at radius 2 is 1.30 bits per heavy atom. The van der Waals surface area contributed by atoms with E-state index >= 15 is 0 Å². The first-order chi connectivity index (χ1) is 16.0. The molecule has 0 N–H and O–H groups in total. The molecule has 178 valence electrons. The number of hydrogen-bond donors (Lipinski definition) is 0. The third kappa shape index (κ3) is 3.84. The van der Waals surface area contributed by atoms with Gasteiger partial charge in [-0.15, -0.1) is 0 Å². The van der Waals surface area contributed by atoms with Gasteiger partial charge in [-0.3, -0.25) is 0 Å². The highest BCUT2D eigenvalue weighted by Gasteiger charge is 2.61. The predicted molar refractivity (Wildman–Crippen MR) is 149 cm³/mol. The zero-order valence-electron chi connectivity index (χ0n) is 21.9. The number of hydrogen-bond acceptors (Lipinski definition) is 0. The van der Waals surface area contributed by atoms with Crippen LogP contribution in [0.2, 0.25) is 0 Å². The summed E-state index contributed by atoms with van der Waals surface area (Å²) in [5, 5.41) is 1.84. The number of benzene rings is 2. The summed E-state index contributed by atoms with van der Waals surface area (Å²) >= 11 is 0. The van der Waals surface area contributed by atoms with Crippen molar-refractivity contribution in [1.82, 2.24) is 0 Å². The van der Waals surface area contributed by atoms with E-state index in [2.05, 4.69) is 71.0 Å². The van der Waals surface area contributed by atoms with Gasteiger partial charge in [0.25, 0.3) is 0 Å². The summed E-state index contributed by atoms with van der Waals surface area (Å²) < 4.78 is 0. The Labute approximate surface area is 204 Å². The van der Waals surface area contributed by atoms with Crippen molar-refractivity contribution >= 4 is 12.6 Å². The Bertz CT molecular complexity index is 954. The van der Waals surface area contributed by atoms with Crippen LogP contribution in [0.4, 0.5) is 0 Å². The van der Waals surface area contributed by atoms with E-state index in [1.807, 2.05) is 5.30 Å². The quantitative estimate of drug-likeness (QED) is 0.397. The maximum atomic E-state index is 2.69. The lowest BCUT2D eigenvalue weighted by Gasteiger charge is -2.50. The van der Waals surface area contributed by atoms with Gasteiger partial charge >= 0.3 is 0 Å². The lowest BCUT2D eigenvalue weighted by molar-refractivity contribution is 0.477. The fraction of sp³-hybridized carbons (Fsp3) is 0.625. The summed E-state index contributed by atoms with van der Waals surface area (Å²) in [5.41, 5.74) is 10.8. The van der Waals surface area contributed by atoms with Gasteiger partial charge in [-0.1, -0.05) is 70.9 Å². The molecule has 0 saturated heterocycles. The molecule has 5 rings (SSSR count). The molecule has 0 aromatic heterocycles. The molecule has 0 radical (unpaired) electrons. The van der Waals surface area contributed by atoms with Gasteiger partial charge in [0, 0.05) is 11.1 Å². The fourth-order valence-corrected chi connectivity index (χ4v) is 15.1. The Morgan fingerprint density at radius 1 is 0.727 bits per heavy atom. The standard InChI is InChI=1S/C32H46P/c1-22(2)25-20-29(23(3)4)32-28-18-12-13-19-31(28)33(24(5)30(32)21-25,26-14-8-6-9-15-26)27-16-10-7-11-17-27/h12-13,18-24,26-27H,6-11,14-17H2,1-5H3/q+1. The average Bonchev–Trinajstić information content (AvgIpc) is 2.85. The van der Waals surface area contributed by atoms with E-state index in [9.17, 15) is 0 Å². The highest BCUT2D eigenvalue weighted by atomic mass is 31.2. The van der Waals surface area contributed by atoms with Crippen LogP contribution < -0.4 is 5.30 Å². The summed E-state index contributed by atoms with van der Waals surface area (Å²) in [6, 6.07) is 15.1. The first-order valence-corrected chi connectivity index (χ1v) is 16.1. The van der Waals surface area contributed by atoms with E-state index in [-0.39, 0.29) is 0 Å². The molecular formula is C32H46P+. The molecule has 3 aliphatic rings. The minimum Gasteiger partial charge on any atom is -0.0614 e. The summed E-state index contributed by atoms with van der Waals surface area (Å²) in [7, 11) is -1.35. The van der Waals surface area contributed by atoms with Crippen molar-refractivity contribution in [3.05, 3.63) is 53.1 Å². The summed E-state index contributed by atoms with van der Waals surface area (Å²) in [6.45, 7) is 12.3. The minimum absolute atomic E-state index is 0.563.